The Balaban J connectivity index is 1.48. The number of amides is 2. The molecule has 8 nitrogen and oxygen atoms in total. The number of nitrogens with zero attached hydrogens (tertiary/aromatic N) is 2. The average Bonchev–Trinajstić information content (AvgIpc) is 2.97. The van der Waals surface area contributed by atoms with E-state index in [0.29, 0.717) is 35.5 Å². The summed E-state index contributed by atoms with van der Waals surface area (Å²) in [5.41, 5.74) is 9.43. The Morgan fingerprint density at radius 3 is 2.40 bits per heavy atom. The van der Waals surface area contributed by atoms with Gasteiger partial charge in [-0.3, -0.25) is 24.7 Å². The molecule has 0 fully saturated rings. The number of carbonyl (C=O) groups is 3. The number of aryl methyl sites for hydroxylation is 2. The molecule has 0 atom stereocenters. The lowest BCUT2D eigenvalue weighted by molar-refractivity contribution is -0.135. The molecule has 0 saturated heterocycles. The number of nitrogen functional groups attached to an aromatic ring is 1. The van der Waals surface area contributed by atoms with Gasteiger partial charge in [0.15, 0.2) is 0 Å². The molecule has 1 heterocycles. The second kappa shape index (κ2) is 11.4. The maximum absolute atomic E-state index is 14.0. The lowest BCUT2D eigenvalue weighted by Crippen LogP contribution is -2.40. The van der Waals surface area contributed by atoms with Crippen LogP contribution in [0.5, 0.6) is 0 Å². The molecule has 0 bridgehead atoms. The van der Waals surface area contributed by atoms with Crippen LogP contribution in [0.1, 0.15) is 39.9 Å². The fraction of sp³-hybridized carbons (Fsp3) is 0.188. The van der Waals surface area contributed by atoms with Gasteiger partial charge in [-0.05, 0) is 53.3 Å². The van der Waals surface area contributed by atoms with Gasteiger partial charge in [-0.25, -0.2) is 0 Å². The van der Waals surface area contributed by atoms with Gasteiger partial charge < -0.3 is 15.7 Å². The van der Waals surface area contributed by atoms with Crippen LogP contribution in [-0.4, -0.2) is 41.8 Å². The van der Waals surface area contributed by atoms with Crippen molar-refractivity contribution >= 4 is 45.8 Å². The van der Waals surface area contributed by atoms with Gasteiger partial charge in [0, 0.05) is 24.1 Å². The van der Waals surface area contributed by atoms with Gasteiger partial charge >= 0.3 is 5.97 Å². The lowest BCUT2D eigenvalue weighted by Gasteiger charge is -2.34. The van der Waals surface area contributed by atoms with Gasteiger partial charge in [0.1, 0.15) is 12.4 Å². The molecule has 4 aromatic carbocycles. The number of carboxylic acid groups (broad SMARTS) is 1. The van der Waals surface area contributed by atoms with Crippen LogP contribution in [0.2, 0.25) is 0 Å². The van der Waals surface area contributed by atoms with E-state index in [-0.39, 0.29) is 18.2 Å². The molecule has 0 spiro atoms. The molecule has 1 aliphatic rings. The van der Waals surface area contributed by atoms with Crippen molar-refractivity contribution < 1.29 is 19.5 Å². The van der Waals surface area contributed by atoms with Gasteiger partial charge in [0.05, 0.1) is 11.4 Å². The average molecular weight is 535 g/mol. The number of aliphatic carboxylic acids is 1. The van der Waals surface area contributed by atoms with Crippen molar-refractivity contribution in [1.29, 1.82) is 5.41 Å². The number of hydrogen-bond acceptors (Lipinski definition) is 4. The number of amidine groups is 1. The zero-order valence-corrected chi connectivity index (χ0v) is 22.0. The maximum atomic E-state index is 14.0. The smallest absolute Gasteiger partial charge is 0.323 e. The molecule has 0 aliphatic carbocycles. The number of rotatable bonds is 8. The number of nitrogens with two attached hydrogens (primary N) is 1. The molecule has 0 radical (unpaired) electrons. The van der Waals surface area contributed by atoms with Crippen molar-refractivity contribution in [1.82, 2.24) is 0 Å². The molecule has 40 heavy (non-hydrogen) atoms. The summed E-state index contributed by atoms with van der Waals surface area (Å²) in [7, 11) is 0. The second-order valence-corrected chi connectivity index (χ2v) is 9.86. The minimum atomic E-state index is -1.14. The Bertz CT molecular complexity index is 1610. The summed E-state index contributed by atoms with van der Waals surface area (Å²) in [4.78, 5) is 42.5. The molecule has 0 aromatic heterocycles. The summed E-state index contributed by atoms with van der Waals surface area (Å²) in [5.74, 6) is -1.69. The monoisotopic (exact) mass is 534 g/mol. The molecule has 0 unspecified atom stereocenters. The van der Waals surface area contributed by atoms with E-state index in [2.05, 4.69) is 0 Å². The zero-order chi connectivity index (χ0) is 28.2. The highest BCUT2D eigenvalue weighted by atomic mass is 16.4. The van der Waals surface area contributed by atoms with E-state index in [9.17, 15) is 19.5 Å². The van der Waals surface area contributed by atoms with Crippen LogP contribution in [0.3, 0.4) is 0 Å². The highest BCUT2D eigenvalue weighted by Gasteiger charge is 2.31. The van der Waals surface area contributed by atoms with Gasteiger partial charge in [-0.2, -0.15) is 0 Å². The van der Waals surface area contributed by atoms with E-state index in [4.69, 9.17) is 11.1 Å². The van der Waals surface area contributed by atoms with Crippen LogP contribution in [0.15, 0.2) is 84.9 Å². The van der Waals surface area contributed by atoms with E-state index in [1.54, 1.807) is 35.2 Å². The first-order valence-corrected chi connectivity index (χ1v) is 13.2. The van der Waals surface area contributed by atoms with Crippen molar-refractivity contribution in [2.45, 2.75) is 25.7 Å². The summed E-state index contributed by atoms with van der Waals surface area (Å²) in [6.07, 6.45) is 2.23. The van der Waals surface area contributed by atoms with Gasteiger partial charge in [-0.15, -0.1) is 0 Å². The van der Waals surface area contributed by atoms with Crippen molar-refractivity contribution in [2.24, 2.45) is 5.73 Å². The number of fused-ring (bicyclic) bond motifs is 2. The van der Waals surface area contributed by atoms with E-state index in [0.717, 1.165) is 34.7 Å². The van der Waals surface area contributed by atoms with E-state index in [1.165, 1.54) is 4.90 Å². The Morgan fingerprint density at radius 1 is 0.925 bits per heavy atom. The minimum absolute atomic E-state index is 0.0101. The van der Waals surface area contributed by atoms with Gasteiger partial charge in [-0.1, -0.05) is 72.8 Å². The zero-order valence-electron chi connectivity index (χ0n) is 22.0. The van der Waals surface area contributed by atoms with Crippen molar-refractivity contribution in [3.63, 3.8) is 0 Å². The highest BCUT2D eigenvalue weighted by molar-refractivity contribution is 6.17. The fourth-order valence-electron chi connectivity index (χ4n) is 5.29. The topological polar surface area (TPSA) is 128 Å². The van der Waals surface area contributed by atoms with Crippen molar-refractivity contribution in [3.05, 3.63) is 107 Å². The third kappa shape index (κ3) is 5.42. The normalized spacial score (nSPS) is 12.6. The molecule has 4 aromatic rings. The van der Waals surface area contributed by atoms with Crippen molar-refractivity contribution in [3.8, 4) is 0 Å². The third-order valence-corrected chi connectivity index (χ3v) is 7.24. The Hall–Kier alpha value is -4.98. The molecular formula is C32H30N4O4. The second-order valence-electron chi connectivity index (χ2n) is 9.86. The summed E-state index contributed by atoms with van der Waals surface area (Å²) in [6.45, 7) is -0.0570. The van der Waals surface area contributed by atoms with Crippen LogP contribution in [0.25, 0.3) is 10.8 Å². The number of hydrogen-bond donors (Lipinski definition) is 3. The van der Waals surface area contributed by atoms with Crippen LogP contribution in [0.4, 0.5) is 11.4 Å². The van der Waals surface area contributed by atoms with E-state index in [1.807, 2.05) is 54.6 Å². The first-order chi connectivity index (χ1) is 19.3. The number of carboxylic acids is 1. The maximum Gasteiger partial charge on any atom is 0.323 e. The predicted octanol–water partition coefficient (Wildman–Crippen LogP) is 4.77. The van der Waals surface area contributed by atoms with Gasteiger partial charge in [0.25, 0.3) is 5.91 Å². The fourth-order valence-corrected chi connectivity index (χ4v) is 5.29. The standard InChI is InChI=1S/C32H30N4O4/c33-31(34)24-16-13-21(14-17-24)15-18-28(37)35-19-5-9-23-8-4-12-27(30(23)35)36(20-29(38)39)32(40)26-11-3-7-22-6-1-2-10-25(22)26/h1-4,6-8,10-14,16-17H,5,9,15,18-20H2,(H3,33,34)(H,38,39). The van der Waals surface area contributed by atoms with Gasteiger partial charge in [0.2, 0.25) is 5.91 Å². The number of para-hydroxylation sites is 1. The first-order valence-electron chi connectivity index (χ1n) is 13.2. The highest BCUT2D eigenvalue weighted by Crippen LogP contribution is 2.38. The SMILES string of the molecule is N=C(N)c1ccc(CCC(=O)N2CCCc3cccc(N(CC(=O)O)C(=O)c4cccc5ccccc45)c32)cc1. The summed E-state index contributed by atoms with van der Waals surface area (Å²) in [6, 6.07) is 25.6. The largest absolute Gasteiger partial charge is 0.480 e. The number of anilines is 2. The minimum Gasteiger partial charge on any atom is -0.480 e. The van der Waals surface area contributed by atoms with Crippen LogP contribution < -0.4 is 15.5 Å². The molecule has 0 saturated carbocycles. The molecule has 5 rings (SSSR count). The van der Waals surface area contributed by atoms with Crippen LogP contribution in [0, 0.1) is 5.41 Å². The Labute approximate surface area is 232 Å². The molecule has 1 aliphatic heterocycles. The van der Waals surface area contributed by atoms with Crippen LogP contribution >= 0.6 is 0 Å². The van der Waals surface area contributed by atoms with Crippen molar-refractivity contribution in [2.75, 3.05) is 22.9 Å². The summed E-state index contributed by atoms with van der Waals surface area (Å²) in [5, 5.41) is 19.0. The number of benzene rings is 4. The molecular weight excluding hydrogens is 504 g/mol. The Morgan fingerprint density at radius 2 is 1.65 bits per heavy atom. The van der Waals surface area contributed by atoms with E-state index >= 15 is 0 Å². The number of carbonyl (C=O) groups excluding carboxylic acids is 2. The molecule has 4 N–H and O–H groups in total. The lowest BCUT2D eigenvalue weighted by atomic mass is 9.97. The summed E-state index contributed by atoms with van der Waals surface area (Å²) < 4.78 is 0. The van der Waals surface area contributed by atoms with Crippen LogP contribution in [-0.2, 0) is 22.4 Å². The molecule has 8 heteroatoms. The summed E-state index contributed by atoms with van der Waals surface area (Å²) >= 11 is 0. The molecule has 202 valence electrons. The Kier molecular flexibility index (Phi) is 7.59. The number of nitrogens with one attached hydrogen (secondary N) is 1. The van der Waals surface area contributed by atoms with E-state index < -0.39 is 18.4 Å². The quantitative estimate of drug-likeness (QED) is 0.222. The first kappa shape index (κ1) is 26.6. The third-order valence-electron chi connectivity index (χ3n) is 7.24. The predicted molar refractivity (Wildman–Crippen MR) is 156 cm³/mol. The molecule has 2 amide bonds.